The second-order valence-electron chi connectivity index (χ2n) is 6.04. The molecule has 9 heteroatoms. The zero-order valence-electron chi connectivity index (χ0n) is 15.5. The maximum Gasteiger partial charge on any atom is 0.417 e. The molecule has 0 unspecified atom stereocenters. The number of ether oxygens (including phenoxy) is 1. The third-order valence-corrected chi connectivity index (χ3v) is 3.99. The number of aromatic nitrogens is 2. The van der Waals surface area contributed by atoms with Crippen LogP contribution in [0.4, 0.5) is 13.2 Å². The van der Waals surface area contributed by atoms with E-state index in [0.29, 0.717) is 18.7 Å². The van der Waals surface area contributed by atoms with E-state index >= 15 is 0 Å². The lowest BCUT2D eigenvalue weighted by Crippen LogP contribution is -2.35. The fourth-order valence-corrected chi connectivity index (χ4v) is 2.78. The number of pyridine rings is 1. The van der Waals surface area contributed by atoms with Gasteiger partial charge in [-0.2, -0.15) is 13.2 Å². The number of imidazole rings is 1. The van der Waals surface area contributed by atoms with Crippen LogP contribution in [0.2, 0.25) is 0 Å². The number of rotatable bonds is 7. The third-order valence-electron chi connectivity index (χ3n) is 3.99. The molecule has 2 rings (SSSR count). The highest BCUT2D eigenvalue weighted by Gasteiger charge is 2.32. The molecule has 148 valence electrons. The summed E-state index contributed by atoms with van der Waals surface area (Å²) in [5, 5.41) is 0. The molecule has 0 radical (unpaired) electrons. The van der Waals surface area contributed by atoms with Gasteiger partial charge in [0.05, 0.1) is 24.3 Å². The topological polar surface area (TPSA) is 63.9 Å². The number of halogens is 3. The van der Waals surface area contributed by atoms with Crippen LogP contribution >= 0.6 is 0 Å². The molecule has 27 heavy (non-hydrogen) atoms. The van der Waals surface area contributed by atoms with Gasteiger partial charge in [-0.3, -0.25) is 14.0 Å². The van der Waals surface area contributed by atoms with Gasteiger partial charge < -0.3 is 9.64 Å². The first kappa shape index (κ1) is 20.7. The van der Waals surface area contributed by atoms with Gasteiger partial charge in [-0.25, -0.2) is 4.98 Å². The van der Waals surface area contributed by atoms with E-state index in [0.717, 1.165) is 16.7 Å². The first-order chi connectivity index (χ1) is 12.7. The Morgan fingerprint density at radius 2 is 1.93 bits per heavy atom. The second kappa shape index (κ2) is 8.41. The van der Waals surface area contributed by atoms with E-state index in [1.807, 2.05) is 6.92 Å². The molecule has 0 aliphatic carbocycles. The van der Waals surface area contributed by atoms with Crippen LogP contribution in [0.25, 0.3) is 5.65 Å². The number of amides is 1. The molecule has 1 amide bonds. The van der Waals surface area contributed by atoms with Crippen molar-refractivity contribution in [2.45, 2.75) is 39.8 Å². The quantitative estimate of drug-likeness (QED) is 0.685. The number of alkyl halides is 3. The monoisotopic (exact) mass is 385 g/mol. The van der Waals surface area contributed by atoms with E-state index in [1.54, 1.807) is 13.8 Å². The Balaban J connectivity index is 2.37. The molecule has 2 aromatic heterocycles. The van der Waals surface area contributed by atoms with Gasteiger partial charge in [0.15, 0.2) is 0 Å². The summed E-state index contributed by atoms with van der Waals surface area (Å²) >= 11 is 0. The van der Waals surface area contributed by atoms with Crippen molar-refractivity contribution in [3.05, 3.63) is 35.3 Å². The van der Waals surface area contributed by atoms with Gasteiger partial charge in [0.1, 0.15) is 11.3 Å². The first-order valence-corrected chi connectivity index (χ1v) is 8.69. The number of carbonyl (C=O) groups excluding carboxylic acids is 2. The summed E-state index contributed by atoms with van der Waals surface area (Å²) in [6.07, 6.45) is -3.00. The zero-order valence-corrected chi connectivity index (χ0v) is 15.5. The minimum atomic E-state index is -4.53. The molecule has 0 saturated heterocycles. The van der Waals surface area contributed by atoms with Crippen molar-refractivity contribution in [1.82, 2.24) is 14.3 Å². The second-order valence-corrected chi connectivity index (χ2v) is 6.04. The van der Waals surface area contributed by atoms with Crippen LogP contribution in [-0.2, 0) is 15.7 Å². The Bertz CT molecular complexity index is 830. The zero-order chi connectivity index (χ0) is 20.2. The predicted molar refractivity (Wildman–Crippen MR) is 92.4 cm³/mol. The SMILES string of the molecule is CCCN(CCC(=O)OCC)C(=O)c1c(C)nc2ccc(C(F)(F)F)cn12. The van der Waals surface area contributed by atoms with Gasteiger partial charge in [0.2, 0.25) is 0 Å². The highest BCUT2D eigenvalue weighted by atomic mass is 19.4. The summed E-state index contributed by atoms with van der Waals surface area (Å²) in [7, 11) is 0. The lowest BCUT2D eigenvalue weighted by molar-refractivity contribution is -0.143. The summed E-state index contributed by atoms with van der Waals surface area (Å²) in [6, 6.07) is 2.16. The fourth-order valence-electron chi connectivity index (χ4n) is 2.78. The molecule has 0 N–H and O–H groups in total. The predicted octanol–water partition coefficient (Wildman–Crippen LogP) is 3.47. The summed E-state index contributed by atoms with van der Waals surface area (Å²) in [5.41, 5.74) is -0.217. The number of aryl methyl sites for hydroxylation is 1. The van der Waals surface area contributed by atoms with E-state index in [4.69, 9.17) is 4.74 Å². The minimum Gasteiger partial charge on any atom is -0.466 e. The average Bonchev–Trinajstić information content (AvgIpc) is 2.92. The number of hydrogen-bond acceptors (Lipinski definition) is 4. The van der Waals surface area contributed by atoms with Crippen molar-refractivity contribution in [2.24, 2.45) is 0 Å². The molecule has 2 heterocycles. The van der Waals surface area contributed by atoms with E-state index < -0.39 is 23.6 Å². The normalized spacial score (nSPS) is 11.6. The van der Waals surface area contributed by atoms with Crippen LogP contribution in [0.3, 0.4) is 0 Å². The molecule has 0 saturated carbocycles. The Kier molecular flexibility index (Phi) is 6.45. The number of nitrogens with zero attached hydrogens (tertiary/aromatic N) is 3. The van der Waals surface area contributed by atoms with Crippen LogP contribution in [-0.4, -0.2) is 45.9 Å². The van der Waals surface area contributed by atoms with Gasteiger partial charge in [-0.1, -0.05) is 6.92 Å². The van der Waals surface area contributed by atoms with Crippen molar-refractivity contribution in [2.75, 3.05) is 19.7 Å². The fraction of sp³-hybridized carbons (Fsp3) is 0.500. The smallest absolute Gasteiger partial charge is 0.417 e. The Morgan fingerprint density at radius 3 is 2.52 bits per heavy atom. The number of fused-ring (bicyclic) bond motifs is 1. The average molecular weight is 385 g/mol. The van der Waals surface area contributed by atoms with Gasteiger partial charge in [-0.15, -0.1) is 0 Å². The van der Waals surface area contributed by atoms with E-state index in [2.05, 4.69) is 4.98 Å². The molecule has 0 aliphatic heterocycles. The molecule has 2 aromatic rings. The van der Waals surface area contributed by atoms with E-state index in [9.17, 15) is 22.8 Å². The third kappa shape index (κ3) is 4.78. The van der Waals surface area contributed by atoms with Crippen molar-refractivity contribution in [3.63, 3.8) is 0 Å². The molecule has 0 bridgehead atoms. The molecule has 6 nitrogen and oxygen atoms in total. The van der Waals surface area contributed by atoms with Crippen LogP contribution in [0.15, 0.2) is 18.3 Å². The van der Waals surface area contributed by atoms with Gasteiger partial charge in [-0.05, 0) is 32.4 Å². The molecule has 0 atom stereocenters. The summed E-state index contributed by atoms with van der Waals surface area (Å²) in [6.45, 7) is 5.86. The summed E-state index contributed by atoms with van der Waals surface area (Å²) in [5.74, 6) is -0.897. The lowest BCUT2D eigenvalue weighted by Gasteiger charge is -2.22. The van der Waals surface area contributed by atoms with E-state index in [1.165, 1.54) is 11.0 Å². The van der Waals surface area contributed by atoms with Crippen molar-refractivity contribution >= 4 is 17.5 Å². The highest BCUT2D eigenvalue weighted by Crippen LogP contribution is 2.30. The first-order valence-electron chi connectivity index (χ1n) is 8.69. The Morgan fingerprint density at radius 1 is 1.22 bits per heavy atom. The summed E-state index contributed by atoms with van der Waals surface area (Å²) in [4.78, 5) is 30.2. The van der Waals surface area contributed by atoms with Crippen LogP contribution in [0, 0.1) is 6.92 Å². The minimum absolute atomic E-state index is 0.0170. The number of carbonyl (C=O) groups is 2. The van der Waals surface area contributed by atoms with Crippen molar-refractivity contribution in [3.8, 4) is 0 Å². The molecule has 0 aromatic carbocycles. The standard InChI is InChI=1S/C18H22F3N3O3/c1-4-9-23(10-8-15(25)27-5-2)17(26)16-12(3)22-14-7-6-13(11-24(14)16)18(19,20)21/h6-7,11H,4-5,8-10H2,1-3H3. The highest BCUT2D eigenvalue weighted by molar-refractivity contribution is 5.95. The van der Waals surface area contributed by atoms with Gasteiger partial charge in [0, 0.05) is 19.3 Å². The Hall–Kier alpha value is -2.58. The maximum atomic E-state index is 13.0. The number of hydrogen-bond donors (Lipinski definition) is 0. The largest absolute Gasteiger partial charge is 0.466 e. The molecule has 0 spiro atoms. The van der Waals surface area contributed by atoms with Crippen LogP contribution < -0.4 is 0 Å². The number of esters is 1. The molecule has 0 aliphatic rings. The summed E-state index contributed by atoms with van der Waals surface area (Å²) < 4.78 is 45.1. The Labute approximate surface area is 154 Å². The van der Waals surface area contributed by atoms with Crippen LogP contribution in [0.1, 0.15) is 48.4 Å². The molecular formula is C18H22F3N3O3. The van der Waals surface area contributed by atoms with Crippen molar-refractivity contribution < 1.29 is 27.5 Å². The van der Waals surface area contributed by atoms with Gasteiger partial charge >= 0.3 is 12.1 Å². The molecular weight excluding hydrogens is 363 g/mol. The van der Waals surface area contributed by atoms with Crippen LogP contribution in [0.5, 0.6) is 0 Å². The van der Waals surface area contributed by atoms with Crippen molar-refractivity contribution in [1.29, 1.82) is 0 Å². The maximum absolute atomic E-state index is 13.0. The molecule has 0 fully saturated rings. The lowest BCUT2D eigenvalue weighted by atomic mass is 10.2. The van der Waals surface area contributed by atoms with E-state index in [-0.39, 0.29) is 30.9 Å². The van der Waals surface area contributed by atoms with Gasteiger partial charge in [0.25, 0.3) is 5.91 Å².